The summed E-state index contributed by atoms with van der Waals surface area (Å²) >= 11 is 0. The number of anilines is 2. The molecule has 6 heteroatoms. The van der Waals surface area contributed by atoms with Gasteiger partial charge in [0.05, 0.1) is 11.1 Å². The number of benzene rings is 3. The highest BCUT2D eigenvalue weighted by Crippen LogP contribution is 2.28. The van der Waals surface area contributed by atoms with E-state index in [4.69, 9.17) is 11.5 Å². The van der Waals surface area contributed by atoms with Crippen molar-refractivity contribution in [3.63, 3.8) is 0 Å². The number of hydrogen-bond acceptors (Lipinski definition) is 4. The molecule has 0 aliphatic rings. The highest BCUT2D eigenvalue weighted by Gasteiger charge is 2.24. The Labute approximate surface area is 148 Å². The van der Waals surface area contributed by atoms with Crippen molar-refractivity contribution in [3.05, 3.63) is 94.6 Å². The van der Waals surface area contributed by atoms with Crippen LogP contribution in [0.5, 0.6) is 0 Å². The SMILES string of the molecule is Nc1ccc(N)c(C(=O)c2ccc(F)cc2)c1C(=O)c1ccc(F)cc1. The van der Waals surface area contributed by atoms with Crippen molar-refractivity contribution < 1.29 is 18.4 Å². The Morgan fingerprint density at radius 3 is 1.19 bits per heavy atom. The van der Waals surface area contributed by atoms with Gasteiger partial charge < -0.3 is 11.5 Å². The fourth-order valence-corrected chi connectivity index (χ4v) is 2.62. The minimum atomic E-state index is -0.555. The fraction of sp³-hybridized carbons (Fsp3) is 0. The lowest BCUT2D eigenvalue weighted by Gasteiger charge is -2.14. The largest absolute Gasteiger partial charge is 0.398 e. The Morgan fingerprint density at radius 2 is 0.885 bits per heavy atom. The molecule has 0 aliphatic heterocycles. The highest BCUT2D eigenvalue weighted by atomic mass is 19.1. The second-order valence-electron chi connectivity index (χ2n) is 5.67. The summed E-state index contributed by atoms with van der Waals surface area (Å²) in [4.78, 5) is 25.7. The number of hydrogen-bond donors (Lipinski definition) is 2. The summed E-state index contributed by atoms with van der Waals surface area (Å²) in [6, 6.07) is 12.6. The third-order valence-corrected chi connectivity index (χ3v) is 3.94. The maximum atomic E-state index is 13.1. The minimum absolute atomic E-state index is 0.0640. The number of nitrogen functional groups attached to an aromatic ring is 2. The van der Waals surface area contributed by atoms with Crippen LogP contribution in [-0.4, -0.2) is 11.6 Å². The monoisotopic (exact) mass is 352 g/mol. The zero-order chi connectivity index (χ0) is 18.8. The Morgan fingerprint density at radius 1 is 0.577 bits per heavy atom. The molecule has 0 atom stereocenters. The molecule has 0 unspecified atom stereocenters. The molecule has 0 aliphatic carbocycles. The third-order valence-electron chi connectivity index (χ3n) is 3.94. The van der Waals surface area contributed by atoms with Crippen molar-refractivity contribution in [3.8, 4) is 0 Å². The zero-order valence-corrected chi connectivity index (χ0v) is 13.5. The van der Waals surface area contributed by atoms with Crippen LogP contribution in [0.1, 0.15) is 31.8 Å². The molecule has 0 aromatic heterocycles. The zero-order valence-electron chi connectivity index (χ0n) is 13.5. The maximum absolute atomic E-state index is 13.1. The molecule has 130 valence electrons. The Kier molecular flexibility index (Phi) is 4.49. The van der Waals surface area contributed by atoms with Gasteiger partial charge >= 0.3 is 0 Å². The first-order chi connectivity index (χ1) is 12.4. The van der Waals surface area contributed by atoms with Crippen LogP contribution in [0.15, 0.2) is 60.7 Å². The van der Waals surface area contributed by atoms with Crippen molar-refractivity contribution in [1.82, 2.24) is 0 Å². The van der Waals surface area contributed by atoms with Gasteiger partial charge in [-0.05, 0) is 60.7 Å². The first-order valence-corrected chi connectivity index (χ1v) is 7.67. The highest BCUT2D eigenvalue weighted by molar-refractivity contribution is 6.23. The molecule has 0 heterocycles. The molecular weight excluding hydrogens is 338 g/mol. The second-order valence-corrected chi connectivity index (χ2v) is 5.67. The molecule has 3 aromatic carbocycles. The van der Waals surface area contributed by atoms with E-state index in [9.17, 15) is 18.4 Å². The molecule has 0 fully saturated rings. The summed E-state index contributed by atoms with van der Waals surface area (Å²) in [5, 5.41) is 0. The van der Waals surface area contributed by atoms with E-state index < -0.39 is 23.2 Å². The number of nitrogens with two attached hydrogens (primary N) is 2. The number of rotatable bonds is 4. The van der Waals surface area contributed by atoms with Crippen molar-refractivity contribution in [2.24, 2.45) is 0 Å². The average molecular weight is 352 g/mol. The first-order valence-electron chi connectivity index (χ1n) is 7.67. The molecule has 0 bridgehead atoms. The maximum Gasteiger partial charge on any atom is 0.195 e. The normalized spacial score (nSPS) is 10.5. The average Bonchev–Trinajstić information content (AvgIpc) is 2.63. The van der Waals surface area contributed by atoms with Crippen LogP contribution in [0.3, 0.4) is 0 Å². The van der Waals surface area contributed by atoms with Crippen LogP contribution in [0.4, 0.5) is 20.2 Å². The minimum Gasteiger partial charge on any atom is -0.398 e. The second kappa shape index (κ2) is 6.76. The van der Waals surface area contributed by atoms with Crippen LogP contribution < -0.4 is 11.5 Å². The lowest BCUT2D eigenvalue weighted by Crippen LogP contribution is -2.16. The van der Waals surface area contributed by atoms with Gasteiger partial charge in [-0.15, -0.1) is 0 Å². The van der Waals surface area contributed by atoms with E-state index in [0.29, 0.717) is 0 Å². The van der Waals surface area contributed by atoms with Gasteiger partial charge in [-0.25, -0.2) is 8.78 Å². The molecule has 4 nitrogen and oxygen atoms in total. The summed E-state index contributed by atoms with van der Waals surface area (Å²) in [6.07, 6.45) is 0. The number of ketones is 2. The van der Waals surface area contributed by atoms with E-state index in [1.807, 2.05) is 0 Å². The van der Waals surface area contributed by atoms with Crippen LogP contribution >= 0.6 is 0 Å². The molecule has 3 aromatic rings. The summed E-state index contributed by atoms with van der Waals surface area (Å²) in [5.41, 5.74) is 12.2. The van der Waals surface area contributed by atoms with E-state index >= 15 is 0 Å². The first kappa shape index (κ1) is 17.3. The number of halogens is 2. The van der Waals surface area contributed by atoms with Crippen molar-refractivity contribution in [1.29, 1.82) is 0 Å². The predicted octanol–water partition coefficient (Wildman–Crippen LogP) is 3.59. The van der Waals surface area contributed by atoms with Crippen molar-refractivity contribution >= 4 is 22.9 Å². The van der Waals surface area contributed by atoms with Gasteiger partial charge in [0.25, 0.3) is 0 Å². The van der Waals surface area contributed by atoms with E-state index in [1.54, 1.807) is 0 Å². The Hall–Kier alpha value is -3.54. The molecule has 4 N–H and O–H groups in total. The topological polar surface area (TPSA) is 86.2 Å². The number of carbonyl (C=O) groups is 2. The van der Waals surface area contributed by atoms with Gasteiger partial charge in [0, 0.05) is 22.5 Å². The van der Waals surface area contributed by atoms with Gasteiger partial charge in [-0.2, -0.15) is 0 Å². The lowest BCUT2D eigenvalue weighted by atomic mass is 9.90. The van der Waals surface area contributed by atoms with Gasteiger partial charge in [0.1, 0.15) is 11.6 Å². The van der Waals surface area contributed by atoms with E-state index in [0.717, 1.165) is 24.3 Å². The molecule has 0 spiro atoms. The van der Waals surface area contributed by atoms with Gasteiger partial charge in [0.15, 0.2) is 11.6 Å². The molecule has 0 saturated heterocycles. The molecule has 0 saturated carbocycles. The van der Waals surface area contributed by atoms with Gasteiger partial charge in [-0.1, -0.05) is 0 Å². The van der Waals surface area contributed by atoms with E-state index in [2.05, 4.69) is 0 Å². The standard InChI is InChI=1S/C20H14F2N2O2/c21-13-5-1-11(2-6-13)19(25)17-15(23)9-10-16(24)18(17)20(26)12-3-7-14(22)8-4-12/h1-10H,23-24H2. The predicted molar refractivity (Wildman–Crippen MR) is 94.9 cm³/mol. The van der Waals surface area contributed by atoms with Crippen molar-refractivity contribution in [2.45, 2.75) is 0 Å². The van der Waals surface area contributed by atoms with Crippen molar-refractivity contribution in [2.75, 3.05) is 11.5 Å². The van der Waals surface area contributed by atoms with Crippen LogP contribution in [0, 0.1) is 11.6 Å². The Bertz CT molecular complexity index is 915. The third kappa shape index (κ3) is 3.17. The summed E-state index contributed by atoms with van der Waals surface area (Å²) < 4.78 is 26.2. The fourth-order valence-electron chi connectivity index (χ4n) is 2.62. The van der Waals surface area contributed by atoms with Crippen LogP contribution in [-0.2, 0) is 0 Å². The molecule has 26 heavy (non-hydrogen) atoms. The Balaban J connectivity index is 2.15. The quantitative estimate of drug-likeness (QED) is 0.555. The van der Waals surface area contributed by atoms with Gasteiger partial charge in [-0.3, -0.25) is 9.59 Å². The van der Waals surface area contributed by atoms with Gasteiger partial charge in [0.2, 0.25) is 0 Å². The molecule has 0 radical (unpaired) electrons. The summed E-state index contributed by atoms with van der Waals surface area (Å²) in [5.74, 6) is -2.10. The number of carbonyl (C=O) groups excluding carboxylic acids is 2. The molecular formula is C20H14F2N2O2. The summed E-state index contributed by atoms with van der Waals surface area (Å²) in [6.45, 7) is 0. The van der Waals surface area contributed by atoms with Crippen LogP contribution in [0.25, 0.3) is 0 Å². The van der Waals surface area contributed by atoms with E-state index in [1.165, 1.54) is 36.4 Å². The lowest BCUT2D eigenvalue weighted by molar-refractivity contribution is 0.100. The van der Waals surface area contributed by atoms with E-state index in [-0.39, 0.29) is 33.6 Å². The smallest absolute Gasteiger partial charge is 0.195 e. The summed E-state index contributed by atoms with van der Waals surface area (Å²) in [7, 11) is 0. The van der Waals surface area contributed by atoms with Crippen LogP contribution in [0.2, 0.25) is 0 Å². The molecule has 0 amide bonds. The molecule has 3 rings (SSSR count).